The van der Waals surface area contributed by atoms with Gasteiger partial charge in [-0.1, -0.05) is 25.5 Å². The van der Waals surface area contributed by atoms with Crippen molar-refractivity contribution in [3.05, 3.63) is 35.4 Å². The van der Waals surface area contributed by atoms with Crippen molar-refractivity contribution in [2.24, 2.45) is 5.73 Å². The normalized spacial score (nSPS) is 23.5. The van der Waals surface area contributed by atoms with Crippen molar-refractivity contribution in [3.8, 4) is 0 Å². The van der Waals surface area contributed by atoms with E-state index in [4.69, 9.17) is 5.73 Å². The summed E-state index contributed by atoms with van der Waals surface area (Å²) in [5, 5.41) is 3.31. The first-order chi connectivity index (χ1) is 10.1. The third-order valence-electron chi connectivity index (χ3n) is 4.07. The zero-order valence-corrected chi connectivity index (χ0v) is 13.3. The Kier molecular flexibility index (Phi) is 5.94. The Balaban J connectivity index is 1.93. The predicted octanol–water partition coefficient (Wildman–Crippen LogP) is 1.95. The van der Waals surface area contributed by atoms with Crippen molar-refractivity contribution in [2.75, 3.05) is 5.75 Å². The Bertz CT molecular complexity index is 502. The van der Waals surface area contributed by atoms with Crippen LogP contribution < -0.4 is 11.1 Å². The van der Waals surface area contributed by atoms with Gasteiger partial charge in [-0.25, -0.2) is 0 Å². The molecule has 0 radical (unpaired) electrons. The lowest BCUT2D eigenvalue weighted by molar-refractivity contribution is 0.0928. The molecule has 5 heteroatoms. The van der Waals surface area contributed by atoms with Crippen LogP contribution in [0.5, 0.6) is 0 Å². The van der Waals surface area contributed by atoms with Crippen LogP contribution in [0.15, 0.2) is 24.3 Å². The standard InChI is InChI=1S/C16H24N2O2S/c1-2-21(20)15-5-3-4-14(10-15)18-16(19)13-8-6-12(11-17)7-9-13/h6-9,14-15H,2-5,10-11,17H2,1H3,(H,18,19). The molecule has 1 aliphatic rings. The zero-order chi connectivity index (χ0) is 15.2. The fourth-order valence-corrected chi connectivity index (χ4v) is 4.16. The fraction of sp³-hybridized carbons (Fsp3) is 0.562. The minimum absolute atomic E-state index is 0.0495. The van der Waals surface area contributed by atoms with Gasteiger partial charge in [-0.3, -0.25) is 9.00 Å². The molecular weight excluding hydrogens is 284 g/mol. The molecule has 1 aromatic carbocycles. The van der Waals surface area contributed by atoms with Crippen LogP contribution in [0.25, 0.3) is 0 Å². The summed E-state index contributed by atoms with van der Waals surface area (Å²) in [6.45, 7) is 2.44. The van der Waals surface area contributed by atoms with Gasteiger partial charge in [0.1, 0.15) is 0 Å². The van der Waals surface area contributed by atoms with Crippen LogP contribution in [-0.4, -0.2) is 27.2 Å². The van der Waals surface area contributed by atoms with Crippen LogP contribution in [0.3, 0.4) is 0 Å². The topological polar surface area (TPSA) is 72.2 Å². The summed E-state index contributed by atoms with van der Waals surface area (Å²) < 4.78 is 11.9. The third-order valence-corrected chi connectivity index (χ3v) is 5.81. The largest absolute Gasteiger partial charge is 0.349 e. The molecule has 1 fully saturated rings. The molecule has 0 saturated heterocycles. The van der Waals surface area contributed by atoms with Crippen LogP contribution in [0.4, 0.5) is 0 Å². The Hall–Kier alpha value is -1.20. The lowest BCUT2D eigenvalue weighted by atomic mass is 9.94. The predicted molar refractivity (Wildman–Crippen MR) is 86.5 cm³/mol. The first-order valence-electron chi connectivity index (χ1n) is 7.61. The number of hydrogen-bond acceptors (Lipinski definition) is 3. The summed E-state index contributed by atoms with van der Waals surface area (Å²) in [7, 11) is -0.763. The molecule has 3 atom stereocenters. The maximum atomic E-state index is 12.2. The maximum absolute atomic E-state index is 12.2. The van der Waals surface area contributed by atoms with Gasteiger partial charge in [0.2, 0.25) is 0 Å². The molecule has 4 nitrogen and oxygen atoms in total. The molecule has 116 valence electrons. The van der Waals surface area contributed by atoms with Crippen LogP contribution in [0, 0.1) is 0 Å². The van der Waals surface area contributed by atoms with E-state index >= 15 is 0 Å². The number of hydrogen-bond donors (Lipinski definition) is 2. The number of carbonyl (C=O) groups excluding carboxylic acids is 1. The zero-order valence-electron chi connectivity index (χ0n) is 12.5. The Morgan fingerprint density at radius 2 is 2.05 bits per heavy atom. The first kappa shape index (κ1) is 16.2. The van der Waals surface area contributed by atoms with E-state index in [0.29, 0.717) is 17.9 Å². The summed E-state index contributed by atoms with van der Waals surface area (Å²) in [5.74, 6) is 0.651. The highest BCUT2D eigenvalue weighted by molar-refractivity contribution is 7.85. The second kappa shape index (κ2) is 7.71. The van der Waals surface area contributed by atoms with Gasteiger partial charge in [0.15, 0.2) is 0 Å². The molecule has 0 aromatic heterocycles. The number of nitrogens with one attached hydrogen (secondary N) is 1. The second-order valence-corrected chi connectivity index (χ2v) is 7.53. The Labute approximate surface area is 129 Å². The van der Waals surface area contributed by atoms with E-state index in [9.17, 15) is 9.00 Å². The number of rotatable bonds is 5. The minimum Gasteiger partial charge on any atom is -0.349 e. The average molecular weight is 308 g/mol. The molecule has 1 saturated carbocycles. The number of carbonyl (C=O) groups is 1. The van der Waals surface area contributed by atoms with Crippen molar-refractivity contribution in [1.82, 2.24) is 5.32 Å². The van der Waals surface area contributed by atoms with Crippen LogP contribution in [-0.2, 0) is 17.3 Å². The molecule has 1 aromatic rings. The van der Waals surface area contributed by atoms with Crippen molar-refractivity contribution < 1.29 is 9.00 Å². The molecule has 21 heavy (non-hydrogen) atoms. The third kappa shape index (κ3) is 4.38. The maximum Gasteiger partial charge on any atom is 0.251 e. The van der Waals surface area contributed by atoms with Crippen molar-refractivity contribution in [1.29, 1.82) is 0 Å². The van der Waals surface area contributed by atoms with Gasteiger partial charge in [0.05, 0.1) is 0 Å². The van der Waals surface area contributed by atoms with Gasteiger partial charge in [-0.2, -0.15) is 0 Å². The van der Waals surface area contributed by atoms with Gasteiger partial charge < -0.3 is 11.1 Å². The fourth-order valence-electron chi connectivity index (χ4n) is 2.81. The van der Waals surface area contributed by atoms with Crippen LogP contribution >= 0.6 is 0 Å². The lowest BCUT2D eigenvalue weighted by Gasteiger charge is -2.29. The second-order valence-electron chi connectivity index (χ2n) is 5.53. The molecule has 1 amide bonds. The Morgan fingerprint density at radius 1 is 1.33 bits per heavy atom. The summed E-state index contributed by atoms with van der Waals surface area (Å²) in [4.78, 5) is 12.2. The molecule has 0 spiro atoms. The van der Waals surface area contributed by atoms with Gasteiger partial charge in [0.25, 0.3) is 5.91 Å². The van der Waals surface area contributed by atoms with Gasteiger partial charge in [-0.05, 0) is 37.0 Å². The number of nitrogens with two attached hydrogens (primary N) is 1. The molecule has 2 rings (SSSR count). The quantitative estimate of drug-likeness (QED) is 0.873. The molecule has 0 bridgehead atoms. The van der Waals surface area contributed by atoms with E-state index in [1.165, 1.54) is 0 Å². The minimum atomic E-state index is -0.763. The van der Waals surface area contributed by atoms with Crippen LogP contribution in [0.1, 0.15) is 48.5 Å². The van der Waals surface area contributed by atoms with Gasteiger partial charge >= 0.3 is 0 Å². The smallest absolute Gasteiger partial charge is 0.251 e. The van der Waals surface area contributed by atoms with Crippen molar-refractivity contribution >= 4 is 16.7 Å². The van der Waals surface area contributed by atoms with E-state index in [0.717, 1.165) is 31.2 Å². The van der Waals surface area contributed by atoms with Crippen LogP contribution in [0.2, 0.25) is 0 Å². The van der Waals surface area contributed by atoms with E-state index < -0.39 is 10.8 Å². The lowest BCUT2D eigenvalue weighted by Crippen LogP contribution is -2.41. The number of benzene rings is 1. The van der Waals surface area contributed by atoms with E-state index in [1.54, 1.807) is 0 Å². The molecule has 0 aliphatic heterocycles. The molecular formula is C16H24N2O2S. The molecule has 0 heterocycles. The summed E-state index contributed by atoms with van der Waals surface area (Å²) in [5.41, 5.74) is 7.23. The highest BCUT2D eigenvalue weighted by atomic mass is 32.2. The SMILES string of the molecule is CCS(=O)C1CCCC(NC(=O)c2ccc(CN)cc2)C1. The highest BCUT2D eigenvalue weighted by Gasteiger charge is 2.26. The summed E-state index contributed by atoms with van der Waals surface area (Å²) in [6, 6.07) is 7.51. The average Bonchev–Trinajstić information content (AvgIpc) is 2.54. The van der Waals surface area contributed by atoms with Gasteiger partial charge in [-0.15, -0.1) is 0 Å². The highest BCUT2D eigenvalue weighted by Crippen LogP contribution is 2.23. The summed E-state index contributed by atoms with van der Waals surface area (Å²) in [6.07, 6.45) is 3.85. The summed E-state index contributed by atoms with van der Waals surface area (Å²) >= 11 is 0. The van der Waals surface area contributed by atoms with Gasteiger partial charge in [0, 0.05) is 40.0 Å². The molecule has 3 unspecified atom stereocenters. The molecule has 3 N–H and O–H groups in total. The van der Waals surface area contributed by atoms with E-state index in [1.807, 2.05) is 31.2 Å². The molecule has 1 aliphatic carbocycles. The van der Waals surface area contributed by atoms with E-state index in [2.05, 4.69) is 5.32 Å². The number of amides is 1. The van der Waals surface area contributed by atoms with Crippen molar-refractivity contribution in [2.45, 2.75) is 50.4 Å². The monoisotopic (exact) mass is 308 g/mol. The van der Waals surface area contributed by atoms with E-state index in [-0.39, 0.29) is 17.2 Å². The Morgan fingerprint density at radius 3 is 2.67 bits per heavy atom. The first-order valence-corrected chi connectivity index (χ1v) is 8.99. The van der Waals surface area contributed by atoms with Crippen molar-refractivity contribution in [3.63, 3.8) is 0 Å².